The lowest BCUT2D eigenvalue weighted by Gasteiger charge is -2.27. The van der Waals surface area contributed by atoms with Gasteiger partial charge in [0.15, 0.2) is 0 Å². The monoisotopic (exact) mass is 557 g/mol. The molecule has 0 unspecified atom stereocenters. The number of carbonyl (C=O) groups is 3. The highest BCUT2D eigenvalue weighted by Gasteiger charge is 2.43. The van der Waals surface area contributed by atoms with E-state index in [1.807, 2.05) is 73.7 Å². The van der Waals surface area contributed by atoms with Gasteiger partial charge in [-0.15, -0.1) is 0 Å². The Morgan fingerprint density at radius 2 is 1.98 bits per heavy atom. The van der Waals surface area contributed by atoms with Crippen molar-refractivity contribution in [1.29, 1.82) is 0 Å². The number of carboxylic acids is 1. The first-order valence-electron chi connectivity index (χ1n) is 14.2. The van der Waals surface area contributed by atoms with Crippen LogP contribution in [0.25, 0.3) is 28.2 Å². The van der Waals surface area contributed by atoms with Crippen LogP contribution in [0.4, 0.5) is 4.79 Å². The van der Waals surface area contributed by atoms with Crippen LogP contribution in [0.3, 0.4) is 0 Å². The summed E-state index contributed by atoms with van der Waals surface area (Å²) in [5.41, 5.74) is 3.38. The Morgan fingerprint density at radius 1 is 1.15 bits per heavy atom. The van der Waals surface area contributed by atoms with Gasteiger partial charge in [0.1, 0.15) is 23.9 Å². The smallest absolute Gasteiger partial charge is 0.407 e. The van der Waals surface area contributed by atoms with Gasteiger partial charge in [-0.2, -0.15) is 0 Å². The number of carbonyl (C=O) groups excluding carboxylic acids is 2. The van der Waals surface area contributed by atoms with E-state index in [-0.39, 0.29) is 19.6 Å². The number of alkyl carbamates (subject to hydrolysis) is 1. The molecular formula is C32H35N3O6. The Balaban J connectivity index is 1.54. The second-order valence-corrected chi connectivity index (χ2v) is 10.5. The summed E-state index contributed by atoms with van der Waals surface area (Å²) in [5, 5.41) is 13.5. The van der Waals surface area contributed by atoms with Gasteiger partial charge in [0, 0.05) is 23.4 Å². The van der Waals surface area contributed by atoms with Crippen LogP contribution in [-0.4, -0.2) is 64.3 Å². The van der Waals surface area contributed by atoms with Crippen molar-refractivity contribution in [2.45, 2.75) is 63.6 Å². The number of benzene rings is 2. The topological polar surface area (TPSA) is 118 Å². The molecule has 2 aliphatic rings. The lowest BCUT2D eigenvalue weighted by atomic mass is 10.1. The highest BCUT2D eigenvalue weighted by molar-refractivity contribution is 5.91. The molecule has 2 aliphatic heterocycles. The number of cyclic esters (lactones) is 1. The average molecular weight is 558 g/mol. The van der Waals surface area contributed by atoms with Crippen LogP contribution in [0.15, 0.2) is 60.7 Å². The van der Waals surface area contributed by atoms with Crippen molar-refractivity contribution in [2.24, 2.45) is 0 Å². The van der Waals surface area contributed by atoms with Crippen LogP contribution in [0.2, 0.25) is 0 Å². The third kappa shape index (κ3) is 6.67. The lowest BCUT2D eigenvalue weighted by Crippen LogP contribution is -2.52. The molecule has 0 aliphatic carbocycles. The summed E-state index contributed by atoms with van der Waals surface area (Å²) in [6.07, 6.45) is 6.14. The molecule has 0 spiro atoms. The fourth-order valence-electron chi connectivity index (χ4n) is 5.35. The first-order chi connectivity index (χ1) is 19.9. The third-order valence-corrected chi connectivity index (χ3v) is 7.48. The Labute approximate surface area is 239 Å². The first-order valence-corrected chi connectivity index (χ1v) is 14.2. The van der Waals surface area contributed by atoms with E-state index in [2.05, 4.69) is 5.32 Å². The molecule has 3 aromatic rings. The first kappa shape index (κ1) is 28.1. The Hall–Kier alpha value is -4.40. The van der Waals surface area contributed by atoms with Crippen LogP contribution >= 0.6 is 0 Å². The standard InChI is InChI=1S/C32H35N3O6/c1-2-3-13-26-30(36)35-20-23(18-28(35)31(37)38)41-29-19-27(22-11-7-4-8-12-22)33-25-15-14-21(17-24(25)29)10-6-5-9-16-40-32(39)34-26/h4,6-8,10-12,14-15,17,19,23,26,28H,2-3,5,9,13,16,18,20H2,1H3,(H,34,39)(H,37,38)/t23-,26+,28+/m1/s1. The van der Waals surface area contributed by atoms with E-state index >= 15 is 0 Å². The third-order valence-electron chi connectivity index (χ3n) is 7.48. The predicted octanol–water partition coefficient (Wildman–Crippen LogP) is 5.43. The number of amides is 2. The predicted molar refractivity (Wildman–Crippen MR) is 155 cm³/mol. The van der Waals surface area contributed by atoms with E-state index in [1.54, 1.807) is 0 Å². The largest absolute Gasteiger partial charge is 0.488 e. The van der Waals surface area contributed by atoms with E-state index in [9.17, 15) is 19.5 Å². The zero-order valence-electron chi connectivity index (χ0n) is 23.1. The summed E-state index contributed by atoms with van der Waals surface area (Å²) < 4.78 is 11.8. The number of nitrogens with zero attached hydrogens (tertiary/aromatic N) is 2. The molecule has 3 atom stereocenters. The number of hydrogen-bond acceptors (Lipinski definition) is 6. The molecule has 41 heavy (non-hydrogen) atoms. The highest BCUT2D eigenvalue weighted by Crippen LogP contribution is 2.34. The molecule has 5 rings (SSSR count). The van der Waals surface area contributed by atoms with E-state index in [0.29, 0.717) is 31.4 Å². The van der Waals surface area contributed by atoms with E-state index in [4.69, 9.17) is 14.5 Å². The molecule has 1 aromatic heterocycles. The minimum absolute atomic E-state index is 0.0826. The Kier molecular flexibility index (Phi) is 8.82. The molecule has 2 aromatic carbocycles. The van der Waals surface area contributed by atoms with Crippen LogP contribution in [0.1, 0.15) is 51.0 Å². The van der Waals surface area contributed by atoms with E-state index in [0.717, 1.165) is 34.1 Å². The summed E-state index contributed by atoms with van der Waals surface area (Å²) >= 11 is 0. The summed E-state index contributed by atoms with van der Waals surface area (Å²) in [5.74, 6) is -0.966. The number of hydrogen-bond donors (Lipinski definition) is 2. The zero-order chi connectivity index (χ0) is 28.8. The highest BCUT2D eigenvalue weighted by atomic mass is 16.5. The number of nitrogens with one attached hydrogen (secondary N) is 1. The van der Waals surface area contributed by atoms with Gasteiger partial charge < -0.3 is 24.8 Å². The van der Waals surface area contributed by atoms with Crippen LogP contribution in [-0.2, 0) is 14.3 Å². The minimum atomic E-state index is -1.11. The average Bonchev–Trinajstić information content (AvgIpc) is 3.41. The van der Waals surface area contributed by atoms with Crippen molar-refractivity contribution >= 4 is 34.9 Å². The Morgan fingerprint density at radius 3 is 2.76 bits per heavy atom. The molecule has 3 heterocycles. The van der Waals surface area contributed by atoms with Gasteiger partial charge >= 0.3 is 12.1 Å². The molecule has 0 saturated carbocycles. The number of rotatable bonds is 5. The van der Waals surface area contributed by atoms with Crippen molar-refractivity contribution < 1.29 is 29.0 Å². The van der Waals surface area contributed by atoms with Crippen molar-refractivity contribution in [1.82, 2.24) is 15.2 Å². The van der Waals surface area contributed by atoms with E-state index in [1.165, 1.54) is 4.90 Å². The normalized spacial score (nSPS) is 21.6. The second kappa shape index (κ2) is 12.8. The SMILES string of the molecule is CCCC[C@@H]1NC(=O)OCCCC=Cc2ccc3nc(-c4ccccc4)cc(c3c2)O[C@@H]2C[C@@H](C(=O)O)N(C2)C1=O. The molecule has 0 radical (unpaired) electrons. The van der Waals surface area contributed by atoms with Gasteiger partial charge in [-0.1, -0.05) is 68.3 Å². The van der Waals surface area contributed by atoms with Crippen LogP contribution in [0, 0.1) is 0 Å². The summed E-state index contributed by atoms with van der Waals surface area (Å²) in [6, 6.07) is 15.7. The zero-order valence-corrected chi connectivity index (χ0v) is 23.1. The van der Waals surface area contributed by atoms with Gasteiger partial charge in [0.2, 0.25) is 5.91 Å². The van der Waals surface area contributed by atoms with E-state index < -0.39 is 36.2 Å². The van der Waals surface area contributed by atoms with Gasteiger partial charge in [-0.3, -0.25) is 4.79 Å². The van der Waals surface area contributed by atoms with Gasteiger partial charge in [0.25, 0.3) is 0 Å². The molecule has 1 saturated heterocycles. The number of fused-ring (bicyclic) bond motifs is 3. The quantitative estimate of drug-likeness (QED) is 0.430. The van der Waals surface area contributed by atoms with Crippen molar-refractivity contribution in [3.05, 3.63) is 66.2 Å². The number of unbranched alkanes of at least 4 members (excludes halogenated alkanes) is 1. The maximum Gasteiger partial charge on any atom is 0.407 e. The van der Waals surface area contributed by atoms with Crippen molar-refractivity contribution in [3.63, 3.8) is 0 Å². The summed E-state index contributed by atoms with van der Waals surface area (Å²) in [6.45, 7) is 2.28. The van der Waals surface area contributed by atoms with Crippen molar-refractivity contribution in [2.75, 3.05) is 13.2 Å². The number of pyridine rings is 1. The van der Waals surface area contributed by atoms with Crippen molar-refractivity contribution in [3.8, 4) is 17.0 Å². The van der Waals surface area contributed by atoms with Gasteiger partial charge in [0.05, 0.1) is 24.4 Å². The Bertz CT molecular complexity index is 1440. The van der Waals surface area contributed by atoms with Gasteiger partial charge in [-0.25, -0.2) is 14.6 Å². The van der Waals surface area contributed by atoms with Gasteiger partial charge in [-0.05, 0) is 37.0 Å². The molecule has 1 fully saturated rings. The number of carboxylic acid groups (broad SMARTS) is 1. The molecule has 2 N–H and O–H groups in total. The fraction of sp³-hybridized carbons (Fsp3) is 0.375. The maximum atomic E-state index is 13.7. The lowest BCUT2D eigenvalue weighted by molar-refractivity contribution is -0.149. The second-order valence-electron chi connectivity index (χ2n) is 10.5. The summed E-state index contributed by atoms with van der Waals surface area (Å²) in [7, 11) is 0. The molecule has 9 nitrogen and oxygen atoms in total. The molecule has 9 heteroatoms. The molecule has 4 bridgehead atoms. The number of aromatic nitrogens is 1. The number of ether oxygens (including phenoxy) is 2. The molecule has 2 amide bonds. The van der Waals surface area contributed by atoms with Crippen LogP contribution in [0.5, 0.6) is 5.75 Å². The maximum absolute atomic E-state index is 13.7. The number of aliphatic carboxylic acids is 1. The minimum Gasteiger partial charge on any atom is -0.488 e. The number of allylic oxidation sites excluding steroid dienone is 1. The fourth-order valence-corrected chi connectivity index (χ4v) is 5.35. The summed E-state index contributed by atoms with van der Waals surface area (Å²) in [4.78, 5) is 44.7. The molecule has 214 valence electrons. The molecular weight excluding hydrogens is 522 g/mol. The van der Waals surface area contributed by atoms with Crippen LogP contribution < -0.4 is 10.1 Å².